The number of sulfonamides is 1. The maximum atomic E-state index is 13.3. The number of ether oxygens (including phenoxy) is 2. The predicted molar refractivity (Wildman–Crippen MR) is 128 cm³/mol. The van der Waals surface area contributed by atoms with Gasteiger partial charge in [0.15, 0.2) is 0 Å². The first kappa shape index (κ1) is 23.3. The molecule has 2 heterocycles. The molecule has 2 aromatic carbocycles. The van der Waals surface area contributed by atoms with E-state index in [2.05, 4.69) is 14.9 Å². The summed E-state index contributed by atoms with van der Waals surface area (Å²) < 4.78 is 38.4. The number of piperazine rings is 1. The highest BCUT2D eigenvalue weighted by molar-refractivity contribution is 7.89. The number of halogens is 1. The lowest BCUT2D eigenvalue weighted by molar-refractivity contribution is 0.383. The molecule has 1 aliphatic heterocycles. The lowest BCUT2D eigenvalue weighted by atomic mass is 10.1. The second-order valence-electron chi connectivity index (χ2n) is 7.63. The van der Waals surface area contributed by atoms with Crippen LogP contribution in [0.1, 0.15) is 5.56 Å². The zero-order chi connectivity index (χ0) is 23.6. The lowest BCUT2D eigenvalue weighted by Gasteiger charge is -2.35. The summed E-state index contributed by atoms with van der Waals surface area (Å²) in [5.74, 6) is 1.99. The van der Waals surface area contributed by atoms with Crippen LogP contribution >= 0.6 is 11.6 Å². The van der Waals surface area contributed by atoms with Crippen molar-refractivity contribution in [3.63, 3.8) is 0 Å². The Balaban J connectivity index is 1.49. The standard InChI is InChI=1S/C23H25ClN4O4S/c1-16-12-21(32-3)19(24)13-22(16)33(29,30)28-10-8-27(9-11-28)23-14-20(25-15-26-23)17-4-6-18(31-2)7-5-17/h4-7,12-15H,8-11H2,1-3H3. The highest BCUT2D eigenvalue weighted by atomic mass is 35.5. The van der Waals surface area contributed by atoms with E-state index in [9.17, 15) is 8.42 Å². The Bertz CT molecular complexity index is 1240. The van der Waals surface area contributed by atoms with E-state index in [1.807, 2.05) is 30.3 Å². The summed E-state index contributed by atoms with van der Waals surface area (Å²) in [4.78, 5) is 11.0. The molecule has 0 N–H and O–H groups in total. The molecule has 0 bridgehead atoms. The van der Waals surface area contributed by atoms with E-state index in [-0.39, 0.29) is 9.92 Å². The molecule has 1 fully saturated rings. The highest BCUT2D eigenvalue weighted by Gasteiger charge is 2.31. The second kappa shape index (κ2) is 9.54. The van der Waals surface area contributed by atoms with Gasteiger partial charge in [-0.2, -0.15) is 4.31 Å². The number of methoxy groups -OCH3 is 2. The van der Waals surface area contributed by atoms with Crippen LogP contribution in [0.2, 0.25) is 5.02 Å². The molecule has 174 valence electrons. The monoisotopic (exact) mass is 488 g/mol. The van der Waals surface area contributed by atoms with Crippen molar-refractivity contribution in [2.24, 2.45) is 0 Å². The number of rotatable bonds is 6. The van der Waals surface area contributed by atoms with Crippen LogP contribution in [0, 0.1) is 6.92 Å². The van der Waals surface area contributed by atoms with Gasteiger partial charge in [-0.3, -0.25) is 0 Å². The maximum absolute atomic E-state index is 13.3. The molecule has 3 aromatic rings. The quantitative estimate of drug-likeness (QED) is 0.523. The van der Waals surface area contributed by atoms with Crippen LogP contribution in [-0.2, 0) is 10.0 Å². The van der Waals surface area contributed by atoms with E-state index in [0.717, 1.165) is 22.8 Å². The molecule has 1 saturated heterocycles. The normalized spacial score (nSPS) is 14.8. The molecular formula is C23H25ClN4O4S. The molecule has 1 aliphatic rings. The molecule has 1 aromatic heterocycles. The average molecular weight is 489 g/mol. The molecule has 0 unspecified atom stereocenters. The van der Waals surface area contributed by atoms with Gasteiger partial charge in [0.25, 0.3) is 0 Å². The van der Waals surface area contributed by atoms with Crippen LogP contribution in [0.25, 0.3) is 11.3 Å². The molecule has 10 heteroatoms. The third kappa shape index (κ3) is 4.75. The Kier molecular flexibility index (Phi) is 6.73. The van der Waals surface area contributed by atoms with Crippen LogP contribution in [0.3, 0.4) is 0 Å². The summed E-state index contributed by atoms with van der Waals surface area (Å²) in [5.41, 5.74) is 2.34. The van der Waals surface area contributed by atoms with Crippen molar-refractivity contribution in [1.29, 1.82) is 0 Å². The third-order valence-corrected chi connectivity index (χ3v) is 8.00. The summed E-state index contributed by atoms with van der Waals surface area (Å²) in [6.45, 7) is 3.45. The number of benzene rings is 2. The minimum atomic E-state index is -3.68. The number of anilines is 1. The van der Waals surface area contributed by atoms with Gasteiger partial charge in [0.05, 0.1) is 29.8 Å². The van der Waals surface area contributed by atoms with Crippen LogP contribution in [0.5, 0.6) is 11.5 Å². The minimum absolute atomic E-state index is 0.200. The first-order valence-corrected chi connectivity index (χ1v) is 12.2. The van der Waals surface area contributed by atoms with Crippen molar-refractivity contribution in [3.05, 3.63) is 59.4 Å². The first-order valence-electron chi connectivity index (χ1n) is 10.4. The van der Waals surface area contributed by atoms with Crippen molar-refractivity contribution in [2.45, 2.75) is 11.8 Å². The summed E-state index contributed by atoms with van der Waals surface area (Å²) in [6.07, 6.45) is 1.53. The summed E-state index contributed by atoms with van der Waals surface area (Å²) >= 11 is 6.19. The Morgan fingerprint density at radius 1 is 0.939 bits per heavy atom. The molecule has 0 amide bonds. The summed E-state index contributed by atoms with van der Waals surface area (Å²) in [5, 5.41) is 0.271. The van der Waals surface area contributed by atoms with Gasteiger partial charge in [-0.05, 0) is 48.9 Å². The molecule has 0 radical (unpaired) electrons. The van der Waals surface area contributed by atoms with Gasteiger partial charge in [-0.15, -0.1) is 0 Å². The van der Waals surface area contributed by atoms with E-state index >= 15 is 0 Å². The number of aryl methyl sites for hydroxylation is 1. The largest absolute Gasteiger partial charge is 0.497 e. The van der Waals surface area contributed by atoms with Crippen LogP contribution in [0.4, 0.5) is 5.82 Å². The van der Waals surface area contributed by atoms with Crippen LogP contribution in [0.15, 0.2) is 53.7 Å². The predicted octanol–water partition coefficient (Wildman–Crippen LogP) is 3.63. The third-order valence-electron chi connectivity index (χ3n) is 5.67. The fraction of sp³-hybridized carbons (Fsp3) is 0.304. The topological polar surface area (TPSA) is 84.9 Å². The van der Waals surface area contributed by atoms with Crippen molar-refractivity contribution >= 4 is 27.4 Å². The number of nitrogens with zero attached hydrogens (tertiary/aromatic N) is 4. The van der Waals surface area contributed by atoms with Gasteiger partial charge in [-0.25, -0.2) is 18.4 Å². The fourth-order valence-corrected chi connectivity index (χ4v) is 5.77. The van der Waals surface area contributed by atoms with Gasteiger partial charge >= 0.3 is 0 Å². The Morgan fingerprint density at radius 2 is 1.64 bits per heavy atom. The van der Waals surface area contributed by atoms with Crippen LogP contribution in [-0.4, -0.2) is 63.1 Å². The van der Waals surface area contributed by atoms with E-state index in [1.54, 1.807) is 20.1 Å². The second-order valence-corrected chi connectivity index (χ2v) is 9.95. The number of hydrogen-bond acceptors (Lipinski definition) is 7. The van der Waals surface area contributed by atoms with Crippen molar-refractivity contribution in [3.8, 4) is 22.8 Å². The zero-order valence-electron chi connectivity index (χ0n) is 18.7. The number of aromatic nitrogens is 2. The molecule has 0 spiro atoms. The van der Waals surface area contributed by atoms with Gasteiger partial charge in [0.1, 0.15) is 23.6 Å². The van der Waals surface area contributed by atoms with E-state index < -0.39 is 10.0 Å². The molecule has 8 nitrogen and oxygen atoms in total. The number of hydrogen-bond donors (Lipinski definition) is 0. The SMILES string of the molecule is COc1ccc(-c2cc(N3CCN(S(=O)(=O)c4cc(Cl)c(OC)cc4C)CC3)ncn2)cc1. The Labute approximate surface area is 198 Å². The molecule has 33 heavy (non-hydrogen) atoms. The van der Waals surface area contributed by atoms with Gasteiger partial charge in [0.2, 0.25) is 10.0 Å². The molecule has 0 atom stereocenters. The van der Waals surface area contributed by atoms with Gasteiger partial charge in [0, 0.05) is 37.8 Å². The smallest absolute Gasteiger partial charge is 0.243 e. The zero-order valence-corrected chi connectivity index (χ0v) is 20.2. The summed E-state index contributed by atoms with van der Waals surface area (Å²) in [6, 6.07) is 12.7. The highest BCUT2D eigenvalue weighted by Crippen LogP contribution is 2.32. The molecular weight excluding hydrogens is 464 g/mol. The molecule has 4 rings (SSSR count). The van der Waals surface area contributed by atoms with Crippen molar-refractivity contribution in [1.82, 2.24) is 14.3 Å². The van der Waals surface area contributed by atoms with Crippen molar-refractivity contribution in [2.75, 3.05) is 45.3 Å². The van der Waals surface area contributed by atoms with E-state index in [4.69, 9.17) is 21.1 Å². The Morgan fingerprint density at radius 3 is 2.27 bits per heavy atom. The van der Waals surface area contributed by atoms with Gasteiger partial charge in [-0.1, -0.05) is 11.6 Å². The summed E-state index contributed by atoms with van der Waals surface area (Å²) in [7, 11) is -0.553. The van der Waals surface area contributed by atoms with Crippen molar-refractivity contribution < 1.29 is 17.9 Å². The maximum Gasteiger partial charge on any atom is 0.243 e. The Hall–Kier alpha value is -2.88. The van der Waals surface area contributed by atoms with Gasteiger partial charge < -0.3 is 14.4 Å². The lowest BCUT2D eigenvalue weighted by Crippen LogP contribution is -2.49. The molecule has 0 aliphatic carbocycles. The van der Waals surface area contributed by atoms with Crippen LogP contribution < -0.4 is 14.4 Å². The minimum Gasteiger partial charge on any atom is -0.497 e. The first-order chi connectivity index (χ1) is 15.8. The average Bonchev–Trinajstić information content (AvgIpc) is 2.85. The van der Waals surface area contributed by atoms with E-state index in [0.29, 0.717) is 37.5 Å². The fourth-order valence-electron chi connectivity index (χ4n) is 3.81. The van der Waals surface area contributed by atoms with E-state index in [1.165, 1.54) is 23.8 Å². The molecule has 0 saturated carbocycles.